The van der Waals surface area contributed by atoms with Gasteiger partial charge >= 0.3 is 6.08 Å². The maximum Gasteiger partial charge on any atom is 0.309 e. The van der Waals surface area contributed by atoms with Crippen molar-refractivity contribution in [3.63, 3.8) is 0 Å². The second-order valence-electron chi connectivity index (χ2n) is 5.90. The molecule has 27 heavy (non-hydrogen) atoms. The number of aromatic nitrogens is 4. The van der Waals surface area contributed by atoms with E-state index in [0.717, 1.165) is 11.8 Å². The number of benzene rings is 1. The molecule has 0 spiro atoms. The molecule has 0 unspecified atom stereocenters. The summed E-state index contributed by atoms with van der Waals surface area (Å²) in [6, 6.07) is 5.74. The molecule has 3 heterocycles. The minimum atomic E-state index is -1.05. The predicted molar refractivity (Wildman–Crippen MR) is 95.8 cm³/mol. The largest absolute Gasteiger partial charge is 0.378 e. The van der Waals surface area contributed by atoms with Gasteiger partial charge in [0.1, 0.15) is 11.4 Å². The molecule has 3 aromatic rings. The van der Waals surface area contributed by atoms with E-state index in [2.05, 4.69) is 20.2 Å². The number of nitrogens with one attached hydrogen (secondary N) is 1. The average Bonchev–Trinajstić information content (AvgIpc) is 2.67. The second-order valence-corrected chi connectivity index (χ2v) is 6.31. The molecule has 138 valence electrons. The number of carbonyl (C=O) groups is 1. The fourth-order valence-electron chi connectivity index (χ4n) is 2.93. The molecule has 8 nitrogen and oxygen atoms in total. The van der Waals surface area contributed by atoms with Crippen molar-refractivity contribution in [1.82, 2.24) is 20.2 Å². The Labute approximate surface area is 157 Å². The Morgan fingerprint density at radius 1 is 1.22 bits per heavy atom. The summed E-state index contributed by atoms with van der Waals surface area (Å²) >= 11 is 6.40. The van der Waals surface area contributed by atoms with Gasteiger partial charge in [0.25, 0.3) is 5.56 Å². The lowest BCUT2D eigenvalue weighted by Crippen LogP contribution is -2.36. The zero-order chi connectivity index (χ0) is 19.0. The molecule has 0 aliphatic carbocycles. The van der Waals surface area contributed by atoms with Crippen molar-refractivity contribution >= 4 is 34.0 Å². The number of nitrogens with zero attached hydrogens (tertiary/aromatic N) is 4. The van der Waals surface area contributed by atoms with E-state index in [0.29, 0.717) is 26.3 Å². The van der Waals surface area contributed by atoms with Gasteiger partial charge in [0.15, 0.2) is 0 Å². The third kappa shape index (κ3) is 3.38. The highest BCUT2D eigenvalue weighted by Crippen LogP contribution is 2.31. The van der Waals surface area contributed by atoms with Gasteiger partial charge in [-0.1, -0.05) is 11.6 Å². The van der Waals surface area contributed by atoms with Gasteiger partial charge in [-0.15, -0.1) is 0 Å². The Balaban J connectivity index is 1.84. The minimum Gasteiger partial charge on any atom is -0.378 e. The van der Waals surface area contributed by atoms with Gasteiger partial charge < -0.3 is 9.64 Å². The first kappa shape index (κ1) is 17.5. The van der Waals surface area contributed by atoms with Crippen molar-refractivity contribution < 1.29 is 13.9 Å². The van der Waals surface area contributed by atoms with E-state index < -0.39 is 17.4 Å². The Morgan fingerprint density at radius 2 is 2.00 bits per heavy atom. The summed E-state index contributed by atoms with van der Waals surface area (Å²) in [4.78, 5) is 33.3. The van der Waals surface area contributed by atoms with Gasteiger partial charge in [-0.2, -0.15) is 14.5 Å². The SMILES string of the molecule is O=C(c1ccc(=O)[nH]n1)c1nc(F)nc2cc(N3CCOCC3)cc(Cl)c12. The Bertz CT molecular complexity index is 1080. The molecule has 0 atom stereocenters. The molecule has 0 saturated carbocycles. The van der Waals surface area contributed by atoms with E-state index in [1.165, 1.54) is 6.07 Å². The quantitative estimate of drug-likeness (QED) is 0.536. The third-order valence-corrected chi connectivity index (χ3v) is 4.51. The van der Waals surface area contributed by atoms with E-state index in [4.69, 9.17) is 16.3 Å². The first-order valence-electron chi connectivity index (χ1n) is 8.13. The number of hydrogen-bond acceptors (Lipinski definition) is 7. The first-order chi connectivity index (χ1) is 13.0. The second kappa shape index (κ2) is 7.01. The Morgan fingerprint density at radius 3 is 2.70 bits per heavy atom. The molecular weight excluding hydrogens is 377 g/mol. The van der Waals surface area contributed by atoms with E-state index in [-0.39, 0.29) is 27.3 Å². The number of rotatable bonds is 3. The number of halogens is 2. The molecule has 0 bridgehead atoms. The number of fused-ring (bicyclic) bond motifs is 1. The first-order valence-corrected chi connectivity index (χ1v) is 8.50. The Hall–Kier alpha value is -2.91. The number of ether oxygens (including phenoxy) is 1. The maximum atomic E-state index is 14.0. The number of hydrogen-bond donors (Lipinski definition) is 1. The van der Waals surface area contributed by atoms with E-state index >= 15 is 0 Å². The lowest BCUT2D eigenvalue weighted by atomic mass is 10.1. The van der Waals surface area contributed by atoms with Crippen LogP contribution in [-0.2, 0) is 4.74 Å². The van der Waals surface area contributed by atoms with Crippen LogP contribution in [0.2, 0.25) is 5.02 Å². The van der Waals surface area contributed by atoms with Crippen LogP contribution in [0, 0.1) is 6.08 Å². The van der Waals surface area contributed by atoms with Crippen LogP contribution in [0.15, 0.2) is 29.1 Å². The molecule has 1 saturated heterocycles. The van der Waals surface area contributed by atoms with Crippen LogP contribution >= 0.6 is 11.6 Å². The molecule has 1 N–H and O–H groups in total. The Kier molecular flexibility index (Phi) is 4.54. The van der Waals surface area contributed by atoms with Crippen molar-refractivity contribution in [1.29, 1.82) is 0 Å². The fraction of sp³-hybridized carbons (Fsp3) is 0.235. The minimum absolute atomic E-state index is 0.0812. The normalized spacial score (nSPS) is 14.5. The molecule has 10 heteroatoms. The van der Waals surface area contributed by atoms with E-state index in [1.807, 2.05) is 4.90 Å². The van der Waals surface area contributed by atoms with Gasteiger partial charge in [0.05, 0.1) is 23.8 Å². The summed E-state index contributed by atoms with van der Waals surface area (Å²) < 4.78 is 19.3. The highest BCUT2D eigenvalue weighted by molar-refractivity contribution is 6.37. The van der Waals surface area contributed by atoms with Gasteiger partial charge in [-0.3, -0.25) is 9.59 Å². The standard InChI is InChI=1S/C17H13ClFN5O3/c18-10-7-9(24-3-5-27-6-4-24)8-12-14(10)15(21-17(19)20-12)16(26)11-1-2-13(25)23-22-11/h1-2,7-8H,3-6H2,(H,23,25). The zero-order valence-electron chi connectivity index (χ0n) is 13.9. The van der Waals surface area contributed by atoms with Crippen molar-refractivity contribution in [2.45, 2.75) is 0 Å². The molecule has 1 aliphatic rings. The topological polar surface area (TPSA) is 101 Å². The van der Waals surface area contributed by atoms with E-state index in [1.54, 1.807) is 12.1 Å². The third-order valence-electron chi connectivity index (χ3n) is 4.21. The predicted octanol–water partition coefficient (Wildman–Crippen LogP) is 1.57. The number of aromatic amines is 1. The molecule has 1 aromatic carbocycles. The van der Waals surface area contributed by atoms with Crippen molar-refractivity contribution in [3.8, 4) is 0 Å². The van der Waals surface area contributed by atoms with Crippen LogP contribution in [-0.4, -0.2) is 52.3 Å². The van der Waals surface area contributed by atoms with Gasteiger partial charge in [0, 0.05) is 30.2 Å². The highest BCUT2D eigenvalue weighted by atomic mass is 35.5. The molecular formula is C17H13ClFN5O3. The maximum absolute atomic E-state index is 14.0. The lowest BCUT2D eigenvalue weighted by molar-refractivity contribution is 0.102. The van der Waals surface area contributed by atoms with E-state index in [9.17, 15) is 14.0 Å². The lowest BCUT2D eigenvalue weighted by Gasteiger charge is -2.29. The van der Waals surface area contributed by atoms with Crippen molar-refractivity contribution in [2.24, 2.45) is 0 Å². The molecule has 0 radical (unpaired) electrons. The smallest absolute Gasteiger partial charge is 0.309 e. The van der Waals surface area contributed by atoms with Gasteiger partial charge in [-0.05, 0) is 18.2 Å². The number of morpholine rings is 1. The molecule has 1 aliphatic heterocycles. The summed E-state index contributed by atoms with van der Waals surface area (Å²) in [6.07, 6.45) is -1.05. The van der Waals surface area contributed by atoms with Gasteiger partial charge in [0.2, 0.25) is 5.78 Å². The molecule has 2 aromatic heterocycles. The number of H-pyrrole nitrogens is 1. The monoisotopic (exact) mass is 389 g/mol. The van der Waals surface area contributed by atoms with Crippen LogP contribution in [0.25, 0.3) is 10.9 Å². The van der Waals surface area contributed by atoms with Crippen LogP contribution in [0.1, 0.15) is 16.2 Å². The van der Waals surface area contributed by atoms with Crippen molar-refractivity contribution in [3.05, 3.63) is 57.1 Å². The number of carbonyl (C=O) groups excluding carboxylic acids is 1. The average molecular weight is 390 g/mol. The summed E-state index contributed by atoms with van der Waals surface area (Å²) in [5, 5.41) is 6.30. The van der Waals surface area contributed by atoms with Crippen molar-refractivity contribution in [2.75, 3.05) is 31.2 Å². The number of ketones is 1. The highest BCUT2D eigenvalue weighted by Gasteiger charge is 2.22. The van der Waals surface area contributed by atoms with Crippen LogP contribution in [0.3, 0.4) is 0 Å². The van der Waals surface area contributed by atoms with Crippen LogP contribution in [0.5, 0.6) is 0 Å². The molecule has 4 rings (SSSR count). The van der Waals surface area contributed by atoms with Crippen LogP contribution in [0.4, 0.5) is 10.1 Å². The number of anilines is 1. The van der Waals surface area contributed by atoms with Gasteiger partial charge in [-0.25, -0.2) is 10.1 Å². The summed E-state index contributed by atoms with van der Waals surface area (Å²) in [7, 11) is 0. The molecule has 0 amide bonds. The summed E-state index contributed by atoms with van der Waals surface area (Å²) in [5.74, 6) is -0.668. The fourth-order valence-corrected chi connectivity index (χ4v) is 3.23. The van der Waals surface area contributed by atoms with Crippen LogP contribution < -0.4 is 10.5 Å². The summed E-state index contributed by atoms with van der Waals surface area (Å²) in [6.45, 7) is 2.50. The molecule has 1 fully saturated rings. The summed E-state index contributed by atoms with van der Waals surface area (Å²) in [5.41, 5.74) is 0.218. The zero-order valence-corrected chi connectivity index (χ0v) is 14.7.